The Morgan fingerprint density at radius 3 is 2.53 bits per heavy atom. The van der Waals surface area contributed by atoms with Crippen molar-refractivity contribution < 1.29 is 13.9 Å². The molecule has 17 heavy (non-hydrogen) atoms. The van der Waals surface area contributed by atoms with Crippen LogP contribution in [-0.4, -0.2) is 10.7 Å². The average Bonchev–Trinajstić information content (AvgIpc) is 2.18. The molecule has 0 heterocycles. The summed E-state index contributed by atoms with van der Waals surface area (Å²) >= 11 is 0. The summed E-state index contributed by atoms with van der Waals surface area (Å²) in [7, 11) is 0. The minimum atomic E-state index is -0.845. The third kappa shape index (κ3) is 3.25. The molecule has 1 saturated carbocycles. The zero-order chi connectivity index (χ0) is 12.5. The molecule has 1 atom stereocenters. The highest BCUT2D eigenvalue weighted by atomic mass is 19.2. The predicted octanol–water partition coefficient (Wildman–Crippen LogP) is 3.45. The van der Waals surface area contributed by atoms with E-state index in [1.807, 2.05) is 0 Å². The highest BCUT2D eigenvalue weighted by Gasteiger charge is 2.29. The van der Waals surface area contributed by atoms with Crippen LogP contribution in [0.1, 0.15) is 38.2 Å². The van der Waals surface area contributed by atoms with Gasteiger partial charge in [-0.15, -0.1) is 0 Å². The number of halogens is 2. The first-order chi connectivity index (χ1) is 7.96. The molecular weight excluding hydrogens is 222 g/mol. The molecule has 0 radical (unpaired) electrons. The standard InChI is InChI=1S/C14H18F2O/c1-14(17,8-10-3-2-4-10)9-11-5-6-12(15)13(16)7-11/h5-7,10,17H,2-4,8-9H2,1H3. The molecule has 1 aromatic rings. The van der Waals surface area contributed by atoms with Crippen LogP contribution in [0.25, 0.3) is 0 Å². The monoisotopic (exact) mass is 240 g/mol. The first kappa shape index (κ1) is 12.5. The van der Waals surface area contributed by atoms with Crippen LogP contribution in [0.5, 0.6) is 0 Å². The lowest BCUT2D eigenvalue weighted by Gasteiger charge is -2.33. The van der Waals surface area contributed by atoms with E-state index in [4.69, 9.17) is 0 Å². The van der Waals surface area contributed by atoms with Gasteiger partial charge in [0.2, 0.25) is 0 Å². The molecule has 0 saturated heterocycles. The van der Waals surface area contributed by atoms with Crippen LogP contribution < -0.4 is 0 Å². The largest absolute Gasteiger partial charge is 0.390 e. The second-order valence-corrected chi connectivity index (χ2v) is 5.42. The van der Waals surface area contributed by atoms with Gasteiger partial charge in [0, 0.05) is 6.42 Å². The Morgan fingerprint density at radius 2 is 2.00 bits per heavy atom. The number of hydrogen-bond acceptors (Lipinski definition) is 1. The van der Waals surface area contributed by atoms with Gasteiger partial charge in [-0.05, 0) is 37.0 Å². The van der Waals surface area contributed by atoms with Crippen LogP contribution in [-0.2, 0) is 6.42 Å². The summed E-state index contributed by atoms with van der Waals surface area (Å²) in [5, 5.41) is 10.2. The van der Waals surface area contributed by atoms with Crippen LogP contribution in [0.15, 0.2) is 18.2 Å². The third-order valence-corrected chi connectivity index (χ3v) is 3.52. The molecule has 0 aliphatic heterocycles. The van der Waals surface area contributed by atoms with Gasteiger partial charge in [0.15, 0.2) is 11.6 Å². The molecule has 0 amide bonds. The molecule has 1 aromatic carbocycles. The van der Waals surface area contributed by atoms with Crippen molar-refractivity contribution in [1.82, 2.24) is 0 Å². The first-order valence-corrected chi connectivity index (χ1v) is 6.13. The van der Waals surface area contributed by atoms with Crippen molar-refractivity contribution in [3.63, 3.8) is 0 Å². The molecule has 3 heteroatoms. The maximum Gasteiger partial charge on any atom is 0.159 e. The lowest BCUT2D eigenvalue weighted by molar-refractivity contribution is 0.0203. The Bertz CT molecular complexity index is 397. The fourth-order valence-corrected chi connectivity index (χ4v) is 2.48. The number of aliphatic hydroxyl groups is 1. The minimum absolute atomic E-state index is 0.376. The van der Waals surface area contributed by atoms with Gasteiger partial charge in [-0.1, -0.05) is 25.3 Å². The van der Waals surface area contributed by atoms with E-state index in [1.54, 1.807) is 6.92 Å². The predicted molar refractivity (Wildman–Crippen MR) is 62.6 cm³/mol. The minimum Gasteiger partial charge on any atom is -0.390 e. The lowest BCUT2D eigenvalue weighted by atomic mass is 9.76. The number of hydrogen-bond donors (Lipinski definition) is 1. The van der Waals surface area contributed by atoms with Crippen LogP contribution >= 0.6 is 0 Å². The maximum absolute atomic E-state index is 13.0. The Labute approximate surface area is 100 Å². The molecule has 1 nitrogen and oxygen atoms in total. The average molecular weight is 240 g/mol. The van der Waals surface area contributed by atoms with E-state index in [9.17, 15) is 13.9 Å². The van der Waals surface area contributed by atoms with Crippen LogP contribution in [0.3, 0.4) is 0 Å². The van der Waals surface area contributed by atoms with Gasteiger partial charge in [0.25, 0.3) is 0 Å². The van der Waals surface area contributed by atoms with Gasteiger partial charge in [-0.25, -0.2) is 8.78 Å². The van der Waals surface area contributed by atoms with Gasteiger partial charge < -0.3 is 5.11 Å². The molecule has 2 rings (SSSR count). The second kappa shape index (κ2) is 4.73. The smallest absolute Gasteiger partial charge is 0.159 e. The summed E-state index contributed by atoms with van der Waals surface area (Å²) in [5.74, 6) is -1.09. The molecule has 1 aliphatic carbocycles. The molecule has 94 valence electrons. The molecular formula is C14H18F2O. The maximum atomic E-state index is 13.0. The lowest BCUT2D eigenvalue weighted by Crippen LogP contribution is -2.32. The molecule has 1 unspecified atom stereocenters. The molecule has 0 aromatic heterocycles. The van der Waals surface area contributed by atoms with Crippen LogP contribution in [0.4, 0.5) is 8.78 Å². The zero-order valence-electron chi connectivity index (χ0n) is 10.0. The fraction of sp³-hybridized carbons (Fsp3) is 0.571. The fourth-order valence-electron chi connectivity index (χ4n) is 2.48. The summed E-state index contributed by atoms with van der Waals surface area (Å²) in [5.41, 5.74) is -0.178. The van der Waals surface area contributed by atoms with Crippen molar-refractivity contribution in [2.24, 2.45) is 5.92 Å². The van der Waals surface area contributed by atoms with Gasteiger partial charge in [0.05, 0.1) is 5.60 Å². The summed E-state index contributed by atoms with van der Waals surface area (Å²) in [4.78, 5) is 0. The Morgan fingerprint density at radius 1 is 1.29 bits per heavy atom. The Balaban J connectivity index is 2.00. The summed E-state index contributed by atoms with van der Waals surface area (Å²) in [6.45, 7) is 1.77. The van der Waals surface area contributed by atoms with Crippen molar-refractivity contribution in [3.05, 3.63) is 35.4 Å². The highest BCUT2D eigenvalue weighted by Crippen LogP contribution is 2.34. The van der Waals surface area contributed by atoms with Crippen LogP contribution in [0, 0.1) is 17.6 Å². The summed E-state index contributed by atoms with van der Waals surface area (Å²) in [6.07, 6.45) is 4.71. The molecule has 1 fully saturated rings. The van der Waals surface area contributed by atoms with E-state index in [2.05, 4.69) is 0 Å². The van der Waals surface area contributed by atoms with Crippen molar-refractivity contribution >= 4 is 0 Å². The summed E-state index contributed by atoms with van der Waals surface area (Å²) < 4.78 is 25.8. The van der Waals surface area contributed by atoms with Crippen LogP contribution in [0.2, 0.25) is 0 Å². The van der Waals surface area contributed by atoms with Crippen molar-refractivity contribution in [2.45, 2.75) is 44.6 Å². The van der Waals surface area contributed by atoms with Gasteiger partial charge >= 0.3 is 0 Å². The zero-order valence-corrected chi connectivity index (χ0v) is 10.0. The molecule has 0 spiro atoms. The highest BCUT2D eigenvalue weighted by molar-refractivity contribution is 5.19. The Hall–Kier alpha value is -0.960. The quantitative estimate of drug-likeness (QED) is 0.854. The van der Waals surface area contributed by atoms with E-state index in [0.717, 1.165) is 12.5 Å². The topological polar surface area (TPSA) is 20.2 Å². The van der Waals surface area contributed by atoms with E-state index in [0.29, 0.717) is 17.9 Å². The van der Waals surface area contributed by atoms with Crippen molar-refractivity contribution in [1.29, 1.82) is 0 Å². The first-order valence-electron chi connectivity index (χ1n) is 6.13. The van der Waals surface area contributed by atoms with E-state index in [1.165, 1.54) is 31.4 Å². The van der Waals surface area contributed by atoms with Gasteiger partial charge in [0.1, 0.15) is 0 Å². The van der Waals surface area contributed by atoms with Crippen molar-refractivity contribution in [2.75, 3.05) is 0 Å². The molecule has 1 N–H and O–H groups in total. The molecule has 1 aliphatic rings. The van der Waals surface area contributed by atoms with E-state index in [-0.39, 0.29) is 0 Å². The van der Waals surface area contributed by atoms with E-state index >= 15 is 0 Å². The Kier molecular flexibility index (Phi) is 3.48. The van der Waals surface area contributed by atoms with Gasteiger partial charge in [-0.3, -0.25) is 0 Å². The van der Waals surface area contributed by atoms with E-state index < -0.39 is 17.2 Å². The van der Waals surface area contributed by atoms with Gasteiger partial charge in [-0.2, -0.15) is 0 Å². The molecule has 0 bridgehead atoms. The number of benzene rings is 1. The SMILES string of the molecule is CC(O)(Cc1ccc(F)c(F)c1)CC1CCC1. The number of rotatable bonds is 4. The normalized spacial score (nSPS) is 19.8. The second-order valence-electron chi connectivity index (χ2n) is 5.42. The summed E-state index contributed by atoms with van der Waals surface area (Å²) in [6, 6.07) is 3.82. The third-order valence-electron chi connectivity index (χ3n) is 3.52. The van der Waals surface area contributed by atoms with Crippen molar-refractivity contribution in [3.8, 4) is 0 Å².